The van der Waals surface area contributed by atoms with Crippen LogP contribution in [0.3, 0.4) is 0 Å². The molecule has 1 saturated heterocycles. The summed E-state index contributed by atoms with van der Waals surface area (Å²) >= 11 is 0. The predicted molar refractivity (Wildman–Crippen MR) is 103 cm³/mol. The van der Waals surface area contributed by atoms with Crippen molar-refractivity contribution in [3.05, 3.63) is 35.4 Å². The lowest BCUT2D eigenvalue weighted by Crippen LogP contribution is -2.43. The van der Waals surface area contributed by atoms with Crippen LogP contribution in [0, 0.1) is 0 Å². The van der Waals surface area contributed by atoms with Gasteiger partial charge in [-0.05, 0) is 51.9 Å². The van der Waals surface area contributed by atoms with Crippen molar-refractivity contribution in [3.63, 3.8) is 0 Å². The Bertz CT molecular complexity index is 576. The molecule has 4 N–H and O–H groups in total. The second-order valence-electron chi connectivity index (χ2n) is 6.96. The molecule has 0 bridgehead atoms. The number of benzene rings is 1. The van der Waals surface area contributed by atoms with Crippen LogP contribution in [-0.2, 0) is 11.2 Å². The Balaban J connectivity index is 1.86. The third kappa shape index (κ3) is 6.14. The zero-order valence-electron chi connectivity index (χ0n) is 15.4. The summed E-state index contributed by atoms with van der Waals surface area (Å²) in [6.07, 6.45) is 3.70. The fourth-order valence-electron chi connectivity index (χ4n) is 3.00. The van der Waals surface area contributed by atoms with Crippen LogP contribution in [0.1, 0.15) is 30.4 Å². The van der Waals surface area contributed by atoms with Gasteiger partial charge in [0.05, 0.1) is 6.04 Å². The summed E-state index contributed by atoms with van der Waals surface area (Å²) in [6, 6.07) is 7.39. The number of hydrogen-bond donors (Lipinski definition) is 2. The minimum absolute atomic E-state index is 0.0588. The third-order valence-electron chi connectivity index (χ3n) is 4.49. The van der Waals surface area contributed by atoms with E-state index in [1.165, 1.54) is 0 Å². The van der Waals surface area contributed by atoms with Gasteiger partial charge in [-0.1, -0.05) is 24.3 Å². The second kappa shape index (κ2) is 9.53. The van der Waals surface area contributed by atoms with Crippen LogP contribution in [0.25, 0.3) is 0 Å². The van der Waals surface area contributed by atoms with Gasteiger partial charge in [0.1, 0.15) is 5.84 Å². The molecule has 1 heterocycles. The molecule has 1 fully saturated rings. The molecule has 6 nitrogen and oxygen atoms in total. The lowest BCUT2D eigenvalue weighted by Gasteiger charge is -2.20. The number of rotatable bonds is 8. The average molecular weight is 345 g/mol. The number of carbonyl (C=O) groups is 1. The molecule has 6 heteroatoms. The molecule has 138 valence electrons. The van der Waals surface area contributed by atoms with Crippen LogP contribution in [0.15, 0.2) is 29.3 Å². The molecule has 1 aromatic carbocycles. The molecular formula is C19H31N5O. The van der Waals surface area contributed by atoms with E-state index in [1.54, 1.807) is 0 Å². The molecule has 0 aromatic heterocycles. The summed E-state index contributed by atoms with van der Waals surface area (Å²) in [5.41, 5.74) is 14.1. The average Bonchev–Trinajstić information content (AvgIpc) is 3.12. The highest BCUT2D eigenvalue weighted by Crippen LogP contribution is 2.12. The van der Waals surface area contributed by atoms with E-state index in [2.05, 4.69) is 9.89 Å². The molecule has 1 amide bonds. The Kier molecular flexibility index (Phi) is 7.40. The highest BCUT2D eigenvalue weighted by Gasteiger charge is 2.23. The second-order valence-corrected chi connectivity index (χ2v) is 6.96. The molecule has 1 unspecified atom stereocenters. The predicted octanol–water partition coefficient (Wildman–Crippen LogP) is 0.836. The quantitative estimate of drug-likeness (QED) is 0.415. The van der Waals surface area contributed by atoms with Crippen molar-refractivity contribution in [2.75, 3.05) is 40.3 Å². The first-order valence-corrected chi connectivity index (χ1v) is 9.05. The summed E-state index contributed by atoms with van der Waals surface area (Å²) in [6.45, 7) is 3.40. The van der Waals surface area contributed by atoms with Gasteiger partial charge in [0.2, 0.25) is 5.91 Å². The van der Waals surface area contributed by atoms with E-state index in [0.717, 1.165) is 56.6 Å². The van der Waals surface area contributed by atoms with E-state index in [9.17, 15) is 4.79 Å². The Hall–Kier alpha value is -1.92. The minimum atomic E-state index is -0.471. The monoisotopic (exact) mass is 345 g/mol. The highest BCUT2D eigenvalue weighted by molar-refractivity contribution is 5.97. The lowest BCUT2D eigenvalue weighted by molar-refractivity contribution is -0.131. The largest absolute Gasteiger partial charge is 0.384 e. The van der Waals surface area contributed by atoms with Crippen molar-refractivity contribution < 1.29 is 4.79 Å². The maximum Gasteiger partial charge on any atom is 0.239 e. The van der Waals surface area contributed by atoms with Crippen LogP contribution < -0.4 is 11.5 Å². The maximum atomic E-state index is 12.3. The first kappa shape index (κ1) is 19.4. The number of hydrogen-bond acceptors (Lipinski definition) is 4. The Morgan fingerprint density at radius 2 is 1.88 bits per heavy atom. The van der Waals surface area contributed by atoms with Crippen LogP contribution in [0.5, 0.6) is 0 Å². The molecule has 0 aliphatic carbocycles. The van der Waals surface area contributed by atoms with Crippen LogP contribution >= 0.6 is 0 Å². The van der Waals surface area contributed by atoms with Crippen LogP contribution in [0.4, 0.5) is 0 Å². The lowest BCUT2D eigenvalue weighted by atomic mass is 10.0. The Labute approximate surface area is 150 Å². The molecule has 0 saturated carbocycles. The minimum Gasteiger partial charge on any atom is -0.384 e. The van der Waals surface area contributed by atoms with Gasteiger partial charge in [0, 0.05) is 25.2 Å². The molecule has 0 spiro atoms. The standard InChI is InChI=1S/C19H31N5O/c1-23(2)11-5-10-22-18(21)16-8-6-15(7-9-16)14-17(20)19(25)24-12-3-4-13-24/h6-9,17H,3-5,10-14,20H2,1-2H3,(H2,21,22). The number of likely N-dealkylation sites (tertiary alicyclic amines) is 1. The highest BCUT2D eigenvalue weighted by atomic mass is 16.2. The van der Waals surface area contributed by atoms with E-state index in [-0.39, 0.29) is 5.91 Å². The van der Waals surface area contributed by atoms with Gasteiger partial charge >= 0.3 is 0 Å². The first-order valence-electron chi connectivity index (χ1n) is 9.05. The first-order chi connectivity index (χ1) is 12.0. The fourth-order valence-corrected chi connectivity index (χ4v) is 3.00. The summed E-state index contributed by atoms with van der Waals surface area (Å²) in [4.78, 5) is 20.7. The molecule has 0 radical (unpaired) electrons. The van der Waals surface area contributed by atoms with Gasteiger partial charge in [-0.15, -0.1) is 0 Å². The summed E-state index contributed by atoms with van der Waals surface area (Å²) in [7, 11) is 4.09. The van der Waals surface area contributed by atoms with Crippen LogP contribution in [0.2, 0.25) is 0 Å². The van der Waals surface area contributed by atoms with Crippen molar-refractivity contribution in [2.24, 2.45) is 16.5 Å². The van der Waals surface area contributed by atoms with Crippen LogP contribution in [-0.4, -0.2) is 67.9 Å². The SMILES string of the molecule is CN(C)CCCN=C(N)c1ccc(CC(N)C(=O)N2CCCC2)cc1. The van der Waals surface area contributed by atoms with E-state index in [1.807, 2.05) is 43.3 Å². The van der Waals surface area contributed by atoms with Gasteiger partial charge in [-0.3, -0.25) is 9.79 Å². The molecular weight excluding hydrogens is 314 g/mol. The van der Waals surface area contributed by atoms with Crippen molar-refractivity contribution in [2.45, 2.75) is 31.7 Å². The number of carbonyl (C=O) groups excluding carboxylic acids is 1. The zero-order valence-corrected chi connectivity index (χ0v) is 15.4. The molecule has 1 aliphatic rings. The smallest absolute Gasteiger partial charge is 0.239 e. The van der Waals surface area contributed by atoms with Crippen molar-refractivity contribution in [1.29, 1.82) is 0 Å². The van der Waals surface area contributed by atoms with Gasteiger partial charge in [-0.25, -0.2) is 0 Å². The van der Waals surface area contributed by atoms with Gasteiger partial charge in [0.25, 0.3) is 0 Å². The Morgan fingerprint density at radius 3 is 2.48 bits per heavy atom. The topological polar surface area (TPSA) is 88.0 Å². The summed E-state index contributed by atoms with van der Waals surface area (Å²) in [5.74, 6) is 0.617. The van der Waals surface area contributed by atoms with Gasteiger partial charge in [-0.2, -0.15) is 0 Å². The van der Waals surface area contributed by atoms with Crippen molar-refractivity contribution >= 4 is 11.7 Å². The van der Waals surface area contributed by atoms with Crippen molar-refractivity contribution in [1.82, 2.24) is 9.80 Å². The number of amidine groups is 1. The molecule has 1 atom stereocenters. The summed E-state index contributed by atoms with van der Waals surface area (Å²) in [5, 5.41) is 0. The van der Waals surface area contributed by atoms with Crippen molar-refractivity contribution in [3.8, 4) is 0 Å². The van der Waals surface area contributed by atoms with Gasteiger partial charge < -0.3 is 21.3 Å². The van der Waals surface area contributed by atoms with E-state index in [0.29, 0.717) is 12.3 Å². The number of nitrogens with two attached hydrogens (primary N) is 2. The molecule has 25 heavy (non-hydrogen) atoms. The fraction of sp³-hybridized carbons (Fsp3) is 0.579. The van der Waals surface area contributed by atoms with Gasteiger partial charge in [0.15, 0.2) is 0 Å². The maximum absolute atomic E-state index is 12.3. The normalized spacial score (nSPS) is 16.5. The summed E-state index contributed by atoms with van der Waals surface area (Å²) < 4.78 is 0. The van der Waals surface area contributed by atoms with E-state index in [4.69, 9.17) is 11.5 Å². The Morgan fingerprint density at radius 1 is 1.24 bits per heavy atom. The third-order valence-corrected chi connectivity index (χ3v) is 4.49. The molecule has 2 rings (SSSR count). The van der Waals surface area contributed by atoms with E-state index >= 15 is 0 Å². The molecule has 1 aromatic rings. The zero-order chi connectivity index (χ0) is 18.2. The molecule has 1 aliphatic heterocycles. The number of amides is 1. The number of nitrogens with zero attached hydrogens (tertiary/aromatic N) is 3. The number of aliphatic imine (C=N–C) groups is 1. The van der Waals surface area contributed by atoms with E-state index < -0.39 is 6.04 Å².